The van der Waals surface area contributed by atoms with E-state index >= 15 is 0 Å². The van der Waals surface area contributed by atoms with Crippen LogP contribution in [0.25, 0.3) is 0 Å². The lowest BCUT2D eigenvalue weighted by atomic mass is 11.6. The zero-order valence-corrected chi connectivity index (χ0v) is 4.01. The van der Waals surface area contributed by atoms with Crippen LogP contribution in [0.3, 0.4) is 0 Å². The summed E-state index contributed by atoms with van der Waals surface area (Å²) in [6.07, 6.45) is 0. The highest BCUT2D eigenvalue weighted by Gasteiger charge is 2.06. The summed E-state index contributed by atoms with van der Waals surface area (Å²) in [4.78, 5) is 0. The third-order valence-electron chi connectivity index (χ3n) is 0.412. The van der Waals surface area contributed by atoms with Crippen LogP contribution < -0.4 is 0 Å². The molecule has 1 aliphatic rings. The van der Waals surface area contributed by atoms with Crippen molar-refractivity contribution in [3.63, 3.8) is 0 Å². The Hall–Kier alpha value is -0.710. The van der Waals surface area contributed by atoms with Crippen molar-refractivity contribution in [3.8, 4) is 0 Å². The van der Waals surface area contributed by atoms with E-state index in [-0.39, 0.29) is 0 Å². The lowest BCUT2D eigenvalue weighted by Crippen LogP contribution is -1.95. The molecule has 0 aromatic carbocycles. The SMILES string of the molecule is O=S1(=O)[C]=NN=C1. The van der Waals surface area contributed by atoms with Gasteiger partial charge in [-0.05, 0) is 0 Å². The highest BCUT2D eigenvalue weighted by atomic mass is 32.2. The van der Waals surface area contributed by atoms with Gasteiger partial charge in [0.25, 0.3) is 0 Å². The molecule has 0 aromatic rings. The molecule has 0 fully saturated rings. The van der Waals surface area contributed by atoms with E-state index in [2.05, 4.69) is 10.2 Å². The standard InChI is InChI=1S/C2HN2O2S/c5-7(6)1-3-4-2-7/h1H. The van der Waals surface area contributed by atoms with Gasteiger partial charge in [-0.2, -0.15) is 0 Å². The molecule has 0 aromatic heterocycles. The Morgan fingerprint density at radius 2 is 2.29 bits per heavy atom. The van der Waals surface area contributed by atoms with Crippen molar-refractivity contribution in [1.82, 2.24) is 0 Å². The molecular formula is C2HN2O2S. The summed E-state index contributed by atoms with van der Waals surface area (Å²) in [7, 11) is -3.25. The topological polar surface area (TPSA) is 58.9 Å². The molecule has 0 N–H and O–H groups in total. The van der Waals surface area contributed by atoms with E-state index in [0.717, 1.165) is 5.55 Å². The molecule has 0 amide bonds. The van der Waals surface area contributed by atoms with Crippen molar-refractivity contribution in [2.45, 2.75) is 0 Å². The maximum absolute atomic E-state index is 10.1. The van der Waals surface area contributed by atoms with Gasteiger partial charge in [0.15, 0.2) is 0 Å². The molecule has 1 heterocycles. The van der Waals surface area contributed by atoms with Crippen molar-refractivity contribution < 1.29 is 8.42 Å². The van der Waals surface area contributed by atoms with Gasteiger partial charge >= 0.3 is 0 Å². The van der Waals surface area contributed by atoms with Gasteiger partial charge in [0.2, 0.25) is 15.4 Å². The van der Waals surface area contributed by atoms with Crippen LogP contribution in [-0.4, -0.2) is 19.5 Å². The van der Waals surface area contributed by atoms with Crippen LogP contribution in [0.15, 0.2) is 10.2 Å². The van der Waals surface area contributed by atoms with Gasteiger partial charge in [-0.25, -0.2) is 8.42 Å². The zero-order valence-electron chi connectivity index (χ0n) is 3.20. The van der Waals surface area contributed by atoms with Gasteiger partial charge < -0.3 is 0 Å². The summed E-state index contributed by atoms with van der Waals surface area (Å²) in [6, 6.07) is 0. The smallest absolute Gasteiger partial charge is 0.216 e. The summed E-state index contributed by atoms with van der Waals surface area (Å²) >= 11 is 0. The second-order valence-corrected chi connectivity index (χ2v) is 2.44. The molecule has 1 aliphatic heterocycles. The van der Waals surface area contributed by atoms with Crippen molar-refractivity contribution in [1.29, 1.82) is 0 Å². The Morgan fingerprint density at radius 3 is 2.43 bits per heavy atom. The molecule has 0 spiro atoms. The van der Waals surface area contributed by atoms with Crippen LogP contribution in [-0.2, 0) is 9.84 Å². The average Bonchev–Trinajstić information content (AvgIpc) is 1.84. The summed E-state index contributed by atoms with van der Waals surface area (Å²) in [5.74, 6) is 0. The largest absolute Gasteiger partial charge is 0.240 e. The minimum Gasteiger partial charge on any atom is -0.216 e. The van der Waals surface area contributed by atoms with Gasteiger partial charge in [-0.3, -0.25) is 0 Å². The molecule has 0 aliphatic carbocycles. The van der Waals surface area contributed by atoms with E-state index in [1.165, 1.54) is 0 Å². The molecule has 0 bridgehead atoms. The van der Waals surface area contributed by atoms with Crippen molar-refractivity contribution in [2.24, 2.45) is 10.2 Å². The fourth-order valence-electron chi connectivity index (χ4n) is 0.190. The predicted octanol–water partition coefficient (Wildman–Crippen LogP) is -0.737. The lowest BCUT2D eigenvalue weighted by molar-refractivity contribution is 0.619. The lowest BCUT2D eigenvalue weighted by Gasteiger charge is -1.66. The van der Waals surface area contributed by atoms with E-state index in [1.54, 1.807) is 5.55 Å². The van der Waals surface area contributed by atoms with Crippen molar-refractivity contribution in [2.75, 3.05) is 0 Å². The number of rotatable bonds is 0. The Bertz CT molecular complexity index is 194. The first-order chi connectivity index (χ1) is 3.21. The summed E-state index contributed by atoms with van der Waals surface area (Å²) in [6.45, 7) is 0. The molecule has 4 nitrogen and oxygen atoms in total. The molecule has 0 unspecified atom stereocenters. The van der Waals surface area contributed by atoms with E-state index in [4.69, 9.17) is 0 Å². The number of hydrogen-bond donors (Lipinski definition) is 0. The van der Waals surface area contributed by atoms with E-state index in [9.17, 15) is 8.42 Å². The minimum absolute atomic E-state index is 0.743. The van der Waals surface area contributed by atoms with Crippen LogP contribution in [0, 0.1) is 0 Å². The normalized spacial score (nSPS) is 23.4. The Labute approximate surface area is 40.5 Å². The van der Waals surface area contributed by atoms with Crippen molar-refractivity contribution in [3.05, 3.63) is 0 Å². The highest BCUT2D eigenvalue weighted by Crippen LogP contribution is 1.87. The third-order valence-corrected chi connectivity index (χ3v) is 1.12. The summed E-state index contributed by atoms with van der Waals surface area (Å²) in [5.41, 5.74) is 2.51. The van der Waals surface area contributed by atoms with Crippen LogP contribution in [0.1, 0.15) is 0 Å². The highest BCUT2D eigenvalue weighted by molar-refractivity contribution is 8.16. The van der Waals surface area contributed by atoms with Crippen LogP contribution in [0.2, 0.25) is 0 Å². The Kier molecular flexibility index (Phi) is 0.717. The predicted molar refractivity (Wildman–Crippen MR) is 24.8 cm³/mol. The van der Waals surface area contributed by atoms with Crippen LogP contribution in [0.5, 0.6) is 0 Å². The van der Waals surface area contributed by atoms with E-state index < -0.39 is 9.84 Å². The molecule has 7 heavy (non-hydrogen) atoms. The van der Waals surface area contributed by atoms with Gasteiger partial charge in [0, 0.05) is 0 Å². The first-order valence-corrected chi connectivity index (χ1v) is 3.00. The minimum atomic E-state index is -3.25. The maximum Gasteiger partial charge on any atom is 0.240 e. The second-order valence-electron chi connectivity index (χ2n) is 0.957. The third kappa shape index (κ3) is 0.833. The fraction of sp³-hybridized carbons (Fsp3) is 0. The zero-order chi connectivity index (χ0) is 5.33. The number of sulfone groups is 1. The second kappa shape index (κ2) is 1.13. The molecule has 1 radical (unpaired) electrons. The molecule has 0 atom stereocenters. The summed E-state index contributed by atoms with van der Waals surface area (Å²) in [5, 5.41) is 6.00. The van der Waals surface area contributed by atoms with Crippen LogP contribution >= 0.6 is 0 Å². The van der Waals surface area contributed by atoms with Gasteiger partial charge in [-0.15, -0.1) is 10.2 Å². The van der Waals surface area contributed by atoms with Gasteiger partial charge in [-0.1, -0.05) is 0 Å². The van der Waals surface area contributed by atoms with Crippen molar-refractivity contribution >= 4 is 20.9 Å². The molecule has 5 heteroatoms. The summed E-state index contributed by atoms with van der Waals surface area (Å²) < 4.78 is 20.2. The van der Waals surface area contributed by atoms with Crippen LogP contribution in [0.4, 0.5) is 0 Å². The van der Waals surface area contributed by atoms with E-state index in [0.29, 0.717) is 0 Å². The molecule has 1 rings (SSSR count). The molecule has 0 saturated heterocycles. The quantitative estimate of drug-likeness (QED) is 0.419. The Balaban J connectivity index is 3.25. The number of nitrogens with zero attached hydrogens (tertiary/aromatic N) is 2. The molecule has 37 valence electrons. The molecular weight excluding hydrogens is 116 g/mol. The number of hydrogen-bond acceptors (Lipinski definition) is 4. The van der Waals surface area contributed by atoms with Gasteiger partial charge in [0.1, 0.15) is 5.55 Å². The first kappa shape index (κ1) is 4.45. The fourth-order valence-corrected chi connectivity index (χ4v) is 0.569. The first-order valence-electron chi connectivity index (χ1n) is 1.45. The molecule has 0 saturated carbocycles. The monoisotopic (exact) mass is 117 g/mol. The van der Waals surface area contributed by atoms with E-state index in [1.807, 2.05) is 0 Å². The average molecular weight is 117 g/mol. The van der Waals surface area contributed by atoms with Gasteiger partial charge in [0.05, 0.1) is 0 Å². The maximum atomic E-state index is 10.1. The Morgan fingerprint density at radius 1 is 1.57 bits per heavy atom.